The number of fused-ring (bicyclic) bond motifs is 1. The van der Waals surface area contributed by atoms with E-state index >= 15 is 4.39 Å². The van der Waals surface area contributed by atoms with Crippen LogP contribution in [0.1, 0.15) is 30.5 Å². The van der Waals surface area contributed by atoms with Crippen molar-refractivity contribution in [2.75, 3.05) is 20.1 Å². The highest BCUT2D eigenvalue weighted by Gasteiger charge is 2.27. The normalized spacial score (nSPS) is 16.2. The maximum atomic E-state index is 15.4. The summed E-state index contributed by atoms with van der Waals surface area (Å²) in [4.78, 5) is 24.3. The van der Waals surface area contributed by atoms with Gasteiger partial charge in [-0.3, -0.25) is 19.1 Å². The standard InChI is InChI=1S/C26H22F3N7O2/c1-34-9-6-18(14-34)36-22-10-19(15-4-7-30-8-5-15)20(27)11-21(22)35(26(36)37)13-17-3-2-16(12-31-17)24-32-33-25(38-24)23(28)29/h2-5,7-8,10-12,18,23H,6,9,13-14H2,1H3/t18-/m1/s1. The molecule has 9 nitrogen and oxygen atoms in total. The molecule has 0 bridgehead atoms. The van der Waals surface area contributed by atoms with Crippen molar-refractivity contribution in [3.8, 4) is 22.6 Å². The van der Waals surface area contributed by atoms with E-state index < -0.39 is 18.1 Å². The Balaban J connectivity index is 1.41. The third-order valence-corrected chi connectivity index (χ3v) is 6.79. The van der Waals surface area contributed by atoms with Gasteiger partial charge in [-0.2, -0.15) is 8.78 Å². The van der Waals surface area contributed by atoms with E-state index in [0.29, 0.717) is 40.0 Å². The van der Waals surface area contributed by atoms with Gasteiger partial charge < -0.3 is 9.32 Å². The lowest BCUT2D eigenvalue weighted by atomic mass is 10.1. The lowest BCUT2D eigenvalue weighted by Crippen LogP contribution is -2.29. The Morgan fingerprint density at radius 2 is 1.89 bits per heavy atom. The second-order valence-corrected chi connectivity index (χ2v) is 9.28. The van der Waals surface area contributed by atoms with Crippen molar-refractivity contribution in [1.82, 2.24) is 34.2 Å². The summed E-state index contributed by atoms with van der Waals surface area (Å²) in [5.41, 5.74) is 2.80. The Labute approximate surface area is 214 Å². The minimum Gasteiger partial charge on any atom is -0.415 e. The fourth-order valence-corrected chi connectivity index (χ4v) is 4.92. The number of halogens is 3. The van der Waals surface area contributed by atoms with Crippen LogP contribution >= 0.6 is 0 Å². The van der Waals surface area contributed by atoms with Crippen LogP contribution in [0.2, 0.25) is 0 Å². The van der Waals surface area contributed by atoms with Crippen molar-refractivity contribution < 1.29 is 17.6 Å². The summed E-state index contributed by atoms with van der Waals surface area (Å²) in [6.07, 6.45) is 2.54. The maximum absolute atomic E-state index is 15.4. The zero-order valence-electron chi connectivity index (χ0n) is 20.3. The van der Waals surface area contributed by atoms with E-state index in [1.54, 1.807) is 47.3 Å². The molecule has 194 valence electrons. The molecule has 0 saturated carbocycles. The first-order valence-electron chi connectivity index (χ1n) is 12.0. The zero-order valence-corrected chi connectivity index (χ0v) is 20.3. The first-order chi connectivity index (χ1) is 18.4. The molecule has 0 N–H and O–H groups in total. The number of nitrogens with zero attached hydrogens (tertiary/aromatic N) is 7. The summed E-state index contributed by atoms with van der Waals surface area (Å²) in [6.45, 7) is 1.65. The molecular formula is C26H22F3N7O2. The van der Waals surface area contributed by atoms with E-state index in [9.17, 15) is 13.6 Å². The summed E-state index contributed by atoms with van der Waals surface area (Å²) >= 11 is 0. The van der Waals surface area contributed by atoms with Gasteiger partial charge in [-0.05, 0) is 55.9 Å². The fourth-order valence-electron chi connectivity index (χ4n) is 4.92. The molecule has 4 aromatic heterocycles. The van der Waals surface area contributed by atoms with Gasteiger partial charge in [0.25, 0.3) is 5.89 Å². The van der Waals surface area contributed by atoms with Gasteiger partial charge in [0.15, 0.2) is 0 Å². The summed E-state index contributed by atoms with van der Waals surface area (Å²) in [5.74, 6) is -1.30. The number of likely N-dealkylation sites (N-methyl/N-ethyl adjacent to an activating group) is 1. The van der Waals surface area contributed by atoms with E-state index in [-0.39, 0.29) is 24.2 Å². The Morgan fingerprint density at radius 3 is 2.55 bits per heavy atom. The Kier molecular flexibility index (Phi) is 6.03. The molecule has 0 aliphatic carbocycles. The first kappa shape index (κ1) is 24.0. The first-order valence-corrected chi connectivity index (χ1v) is 12.0. The van der Waals surface area contributed by atoms with E-state index in [4.69, 9.17) is 4.42 Å². The average molecular weight is 522 g/mol. The highest BCUT2D eigenvalue weighted by Crippen LogP contribution is 2.31. The van der Waals surface area contributed by atoms with Gasteiger partial charge >= 0.3 is 12.1 Å². The Morgan fingerprint density at radius 1 is 1.08 bits per heavy atom. The molecular weight excluding hydrogens is 499 g/mol. The fraction of sp³-hybridized carbons (Fsp3) is 0.269. The van der Waals surface area contributed by atoms with Crippen LogP contribution in [0.5, 0.6) is 0 Å². The SMILES string of the molecule is CN1CC[C@@H](n2c(=O)n(Cc3ccc(-c4nnc(C(F)F)o4)cn3)c3cc(F)c(-c4ccncc4)cc32)C1. The van der Waals surface area contributed by atoms with Gasteiger partial charge in [-0.15, -0.1) is 10.2 Å². The number of imidazole rings is 1. The summed E-state index contributed by atoms with van der Waals surface area (Å²) in [6, 6.07) is 9.76. The highest BCUT2D eigenvalue weighted by atomic mass is 19.3. The van der Waals surface area contributed by atoms with E-state index in [2.05, 4.69) is 25.1 Å². The Hall–Kier alpha value is -4.32. The van der Waals surface area contributed by atoms with Crippen LogP contribution < -0.4 is 5.69 Å². The monoisotopic (exact) mass is 521 g/mol. The van der Waals surface area contributed by atoms with E-state index in [1.807, 2.05) is 7.05 Å². The van der Waals surface area contributed by atoms with Crippen molar-refractivity contribution in [2.45, 2.75) is 25.4 Å². The second-order valence-electron chi connectivity index (χ2n) is 9.28. The van der Waals surface area contributed by atoms with Crippen LogP contribution in [-0.2, 0) is 6.54 Å². The summed E-state index contributed by atoms with van der Waals surface area (Å²) < 4.78 is 49.1. The molecule has 1 fully saturated rings. The molecule has 0 spiro atoms. The third kappa shape index (κ3) is 4.26. The predicted octanol–water partition coefficient (Wildman–Crippen LogP) is 4.31. The molecule has 1 aliphatic heterocycles. The number of benzene rings is 1. The summed E-state index contributed by atoms with van der Waals surface area (Å²) in [5, 5.41) is 6.95. The molecule has 1 aliphatic rings. The number of hydrogen-bond acceptors (Lipinski definition) is 7. The second kappa shape index (κ2) is 9.53. The Bertz CT molecular complexity index is 1660. The number of alkyl halides is 2. The lowest BCUT2D eigenvalue weighted by Gasteiger charge is -2.13. The highest BCUT2D eigenvalue weighted by molar-refractivity contribution is 5.83. The number of rotatable bonds is 6. The van der Waals surface area contributed by atoms with Crippen molar-refractivity contribution in [2.24, 2.45) is 0 Å². The number of pyridine rings is 2. The molecule has 0 amide bonds. The quantitative estimate of drug-likeness (QED) is 0.329. The minimum absolute atomic E-state index is 0.0520. The van der Waals surface area contributed by atoms with Crippen LogP contribution in [0, 0.1) is 5.82 Å². The molecule has 38 heavy (non-hydrogen) atoms. The largest absolute Gasteiger partial charge is 0.415 e. The molecule has 1 atom stereocenters. The van der Waals surface area contributed by atoms with Crippen LogP contribution in [0.3, 0.4) is 0 Å². The smallest absolute Gasteiger partial charge is 0.329 e. The van der Waals surface area contributed by atoms with Crippen LogP contribution in [0.15, 0.2) is 64.2 Å². The molecule has 12 heteroatoms. The van der Waals surface area contributed by atoms with Crippen molar-refractivity contribution >= 4 is 11.0 Å². The molecule has 0 radical (unpaired) electrons. The molecule has 1 aromatic carbocycles. The lowest BCUT2D eigenvalue weighted by molar-refractivity contribution is 0.116. The van der Waals surface area contributed by atoms with Gasteiger partial charge in [0.05, 0.1) is 34.9 Å². The average Bonchev–Trinajstić information content (AvgIpc) is 3.64. The minimum atomic E-state index is -2.87. The third-order valence-electron chi connectivity index (χ3n) is 6.79. The topological polar surface area (TPSA) is 94.9 Å². The molecule has 5 heterocycles. The summed E-state index contributed by atoms with van der Waals surface area (Å²) in [7, 11) is 2.01. The van der Waals surface area contributed by atoms with Crippen LogP contribution in [0.4, 0.5) is 13.2 Å². The molecule has 1 saturated heterocycles. The number of aromatic nitrogens is 6. The van der Waals surface area contributed by atoms with Gasteiger partial charge in [-0.25, -0.2) is 9.18 Å². The number of likely N-dealkylation sites (tertiary alicyclic amines) is 1. The van der Waals surface area contributed by atoms with Gasteiger partial charge in [0, 0.05) is 36.8 Å². The molecule has 5 aromatic rings. The predicted molar refractivity (Wildman–Crippen MR) is 132 cm³/mol. The van der Waals surface area contributed by atoms with E-state index in [1.165, 1.54) is 16.8 Å². The van der Waals surface area contributed by atoms with Gasteiger partial charge in [0.2, 0.25) is 5.89 Å². The van der Waals surface area contributed by atoms with Crippen molar-refractivity contribution in [1.29, 1.82) is 0 Å². The zero-order chi connectivity index (χ0) is 26.4. The van der Waals surface area contributed by atoms with Crippen molar-refractivity contribution in [3.05, 3.63) is 82.9 Å². The van der Waals surface area contributed by atoms with E-state index in [0.717, 1.165) is 13.0 Å². The number of hydrogen-bond donors (Lipinski definition) is 0. The van der Waals surface area contributed by atoms with Crippen molar-refractivity contribution in [3.63, 3.8) is 0 Å². The molecule has 6 rings (SSSR count). The van der Waals surface area contributed by atoms with Gasteiger partial charge in [-0.1, -0.05) is 0 Å². The van der Waals surface area contributed by atoms with Crippen LogP contribution in [-0.4, -0.2) is 54.3 Å². The van der Waals surface area contributed by atoms with Gasteiger partial charge in [0.1, 0.15) is 5.82 Å². The maximum Gasteiger partial charge on any atom is 0.329 e. The molecule has 0 unspecified atom stereocenters. The van der Waals surface area contributed by atoms with Crippen LogP contribution in [0.25, 0.3) is 33.6 Å².